The molecule has 5 unspecified atom stereocenters. The molecule has 3 aliphatic heterocycles. The van der Waals surface area contributed by atoms with Crippen LogP contribution in [0.4, 0.5) is 10.5 Å². The Bertz CT molecular complexity index is 1880. The lowest BCUT2D eigenvalue weighted by Crippen LogP contribution is -2.51. The topological polar surface area (TPSA) is 173 Å². The third-order valence-corrected chi connectivity index (χ3v) is 11.0. The van der Waals surface area contributed by atoms with Crippen molar-refractivity contribution in [2.75, 3.05) is 38.7 Å². The van der Waals surface area contributed by atoms with E-state index in [0.717, 1.165) is 5.56 Å². The predicted molar refractivity (Wildman–Crippen MR) is 188 cm³/mol. The molecule has 2 fully saturated rings. The van der Waals surface area contributed by atoms with Crippen LogP contribution in [0.2, 0.25) is 0 Å². The van der Waals surface area contributed by atoms with E-state index in [-0.39, 0.29) is 59.9 Å². The lowest BCUT2D eigenvalue weighted by molar-refractivity contribution is -0.110. The van der Waals surface area contributed by atoms with Crippen molar-refractivity contribution in [2.24, 2.45) is 11.8 Å². The summed E-state index contributed by atoms with van der Waals surface area (Å²) in [6.45, 7) is 4.22. The highest BCUT2D eigenvalue weighted by atomic mass is 32.2. The molecule has 0 bridgehead atoms. The van der Waals surface area contributed by atoms with E-state index in [4.69, 9.17) is 18.9 Å². The van der Waals surface area contributed by atoms with Crippen molar-refractivity contribution >= 4 is 39.4 Å². The molecule has 51 heavy (non-hydrogen) atoms. The van der Waals surface area contributed by atoms with Gasteiger partial charge in [0.25, 0.3) is 5.91 Å². The molecule has 6 rings (SSSR count). The molecule has 14 heteroatoms. The Hall–Kier alpha value is -4.47. The van der Waals surface area contributed by atoms with Crippen molar-refractivity contribution in [3.63, 3.8) is 0 Å². The molecule has 3 heterocycles. The molecule has 0 saturated carbocycles. The number of hydrogen-bond donors (Lipinski definition) is 4. The van der Waals surface area contributed by atoms with E-state index < -0.39 is 46.6 Å². The first kappa shape index (κ1) is 36.3. The van der Waals surface area contributed by atoms with Crippen molar-refractivity contribution in [3.8, 4) is 11.5 Å². The summed E-state index contributed by atoms with van der Waals surface area (Å²) in [6, 6.07) is 17.4. The standard InChI is InChI=1S/C37H43N3O10S/c1-22(2)19-40(20-32(42)30(16-23-7-5-4-6-8-23)39-37(44)50-34-21-49-36-26(34)13-14-48-36)51(45,46)25-10-11-29-27(18-25)28(35(43)38-29)15-24-9-12-31(41)33(17-24)47-3/h4-12,15,17-18,22,26,30,32,34,36,41-42H,13-14,16,19-21H2,1-3H3,(H,38,43)(H,39,44)/b28-15-. The maximum Gasteiger partial charge on any atom is 0.407 e. The molecule has 0 radical (unpaired) electrons. The molecular formula is C37H43N3O10S. The van der Waals surface area contributed by atoms with Gasteiger partial charge in [-0.05, 0) is 66.3 Å². The van der Waals surface area contributed by atoms with E-state index in [1.54, 1.807) is 18.2 Å². The molecular weight excluding hydrogens is 678 g/mol. The Morgan fingerprint density at radius 2 is 1.88 bits per heavy atom. The van der Waals surface area contributed by atoms with Crippen LogP contribution in [0.3, 0.4) is 0 Å². The summed E-state index contributed by atoms with van der Waals surface area (Å²) in [7, 11) is -2.81. The van der Waals surface area contributed by atoms with E-state index in [2.05, 4.69) is 10.6 Å². The molecule has 5 atom stereocenters. The van der Waals surface area contributed by atoms with Gasteiger partial charge in [-0.25, -0.2) is 13.2 Å². The number of nitrogens with one attached hydrogen (secondary N) is 2. The minimum atomic E-state index is -4.23. The van der Waals surface area contributed by atoms with Gasteiger partial charge in [-0.1, -0.05) is 50.2 Å². The van der Waals surface area contributed by atoms with Gasteiger partial charge in [0, 0.05) is 29.9 Å². The quantitative estimate of drug-likeness (QED) is 0.189. The van der Waals surface area contributed by atoms with Gasteiger partial charge in [0.2, 0.25) is 10.0 Å². The van der Waals surface area contributed by atoms with E-state index in [0.29, 0.717) is 29.8 Å². The summed E-state index contributed by atoms with van der Waals surface area (Å²) in [5.74, 6) is -0.436. The van der Waals surface area contributed by atoms with Crippen molar-refractivity contribution in [2.45, 2.75) is 56.1 Å². The van der Waals surface area contributed by atoms with E-state index in [1.807, 2.05) is 44.2 Å². The highest BCUT2D eigenvalue weighted by Gasteiger charge is 2.44. The molecule has 3 aromatic carbocycles. The fourth-order valence-corrected chi connectivity index (χ4v) is 8.25. The van der Waals surface area contributed by atoms with Crippen LogP contribution in [0, 0.1) is 11.8 Å². The van der Waals surface area contributed by atoms with E-state index in [9.17, 15) is 28.2 Å². The third kappa shape index (κ3) is 8.21. The lowest BCUT2D eigenvalue weighted by Gasteiger charge is -2.31. The monoisotopic (exact) mass is 721 g/mol. The second-order valence-electron chi connectivity index (χ2n) is 13.3. The minimum absolute atomic E-state index is 0.0597. The Labute approximate surface area is 297 Å². The average molecular weight is 722 g/mol. The second-order valence-corrected chi connectivity index (χ2v) is 15.3. The van der Waals surface area contributed by atoms with Crippen molar-refractivity contribution in [3.05, 3.63) is 83.4 Å². The first-order chi connectivity index (χ1) is 24.4. The molecule has 3 aromatic rings. The number of alkyl carbamates (subject to hydrolysis) is 1. The number of aliphatic hydroxyl groups is 1. The first-order valence-electron chi connectivity index (χ1n) is 16.9. The molecule has 272 valence electrons. The number of phenolic OH excluding ortho intramolecular Hbond substituents is 1. The fourth-order valence-electron chi connectivity index (χ4n) is 6.61. The summed E-state index contributed by atoms with van der Waals surface area (Å²) in [5.41, 5.74) is 2.46. The molecule has 2 amide bonds. The zero-order valence-electron chi connectivity index (χ0n) is 28.7. The number of phenols is 1. The molecule has 0 aliphatic carbocycles. The van der Waals surface area contributed by atoms with Crippen LogP contribution >= 0.6 is 0 Å². The number of amides is 2. The van der Waals surface area contributed by atoms with Gasteiger partial charge in [0.05, 0.1) is 43.3 Å². The number of nitrogens with zero attached hydrogens (tertiary/aromatic N) is 1. The molecule has 3 aliphatic rings. The third-order valence-electron chi connectivity index (χ3n) is 9.20. The van der Waals surface area contributed by atoms with Gasteiger partial charge >= 0.3 is 6.09 Å². The highest BCUT2D eigenvalue weighted by Crippen LogP contribution is 2.37. The second kappa shape index (κ2) is 15.4. The van der Waals surface area contributed by atoms with Gasteiger partial charge in [0.15, 0.2) is 17.8 Å². The number of methoxy groups -OCH3 is 1. The van der Waals surface area contributed by atoms with Crippen molar-refractivity contribution in [1.82, 2.24) is 9.62 Å². The number of carbonyl (C=O) groups excluding carboxylic acids is 2. The molecule has 2 saturated heterocycles. The first-order valence-corrected chi connectivity index (χ1v) is 18.3. The average Bonchev–Trinajstić information content (AvgIpc) is 3.80. The summed E-state index contributed by atoms with van der Waals surface area (Å²) in [6.07, 6.45) is -0.462. The maximum absolute atomic E-state index is 14.3. The Balaban J connectivity index is 1.25. The zero-order valence-corrected chi connectivity index (χ0v) is 29.5. The zero-order chi connectivity index (χ0) is 36.3. The van der Waals surface area contributed by atoms with Gasteiger partial charge in [0.1, 0.15) is 6.10 Å². The predicted octanol–water partition coefficient (Wildman–Crippen LogP) is 4.00. The van der Waals surface area contributed by atoms with Gasteiger partial charge in [-0.3, -0.25) is 4.79 Å². The molecule has 0 aromatic heterocycles. The number of rotatable bonds is 13. The number of aromatic hydroxyl groups is 1. The fraction of sp³-hybridized carbons (Fsp3) is 0.405. The smallest absolute Gasteiger partial charge is 0.407 e. The van der Waals surface area contributed by atoms with Crippen LogP contribution in [-0.4, -0.2) is 92.9 Å². The normalized spacial score (nSPS) is 21.7. The number of hydrogen-bond acceptors (Lipinski definition) is 10. The highest BCUT2D eigenvalue weighted by molar-refractivity contribution is 7.89. The van der Waals surface area contributed by atoms with Crippen molar-refractivity contribution in [1.29, 1.82) is 0 Å². The maximum atomic E-state index is 14.3. The number of aliphatic hydroxyl groups excluding tert-OH is 1. The summed E-state index contributed by atoms with van der Waals surface area (Å²) in [5, 5.41) is 27.2. The molecule has 0 spiro atoms. The number of ether oxygens (including phenoxy) is 4. The number of benzene rings is 3. The van der Waals surface area contributed by atoms with Gasteiger partial charge in [-0.15, -0.1) is 0 Å². The Kier molecular flexibility index (Phi) is 11.0. The number of carbonyl (C=O) groups is 2. The number of fused-ring (bicyclic) bond motifs is 2. The van der Waals surface area contributed by atoms with Crippen LogP contribution in [0.15, 0.2) is 71.6 Å². The van der Waals surface area contributed by atoms with Crippen LogP contribution < -0.4 is 15.4 Å². The lowest BCUT2D eigenvalue weighted by atomic mass is 10.0. The SMILES string of the molecule is COc1cc(/C=C2\C(=O)Nc3ccc(S(=O)(=O)N(CC(C)C)CC(O)C(Cc4ccccc4)NC(=O)OC4COC5OCCC45)cc32)ccc1O. The van der Waals surface area contributed by atoms with Crippen LogP contribution in [0.5, 0.6) is 11.5 Å². The van der Waals surface area contributed by atoms with Crippen molar-refractivity contribution < 1.29 is 47.2 Å². The van der Waals surface area contributed by atoms with Gasteiger partial charge in [-0.2, -0.15) is 4.31 Å². The van der Waals surface area contributed by atoms with E-state index >= 15 is 0 Å². The summed E-state index contributed by atoms with van der Waals surface area (Å²) >= 11 is 0. The summed E-state index contributed by atoms with van der Waals surface area (Å²) < 4.78 is 51.9. The Morgan fingerprint density at radius 3 is 2.63 bits per heavy atom. The number of anilines is 1. The molecule has 4 N–H and O–H groups in total. The molecule has 13 nitrogen and oxygen atoms in total. The van der Waals surface area contributed by atoms with Crippen LogP contribution in [0.25, 0.3) is 11.6 Å². The summed E-state index contributed by atoms with van der Waals surface area (Å²) in [4.78, 5) is 26.1. The largest absolute Gasteiger partial charge is 0.504 e. The minimum Gasteiger partial charge on any atom is -0.504 e. The van der Waals surface area contributed by atoms with Gasteiger partial charge < -0.3 is 39.8 Å². The van der Waals surface area contributed by atoms with Crippen LogP contribution in [0.1, 0.15) is 37.0 Å². The van der Waals surface area contributed by atoms with E-state index in [1.165, 1.54) is 35.7 Å². The number of sulfonamides is 1. The Morgan fingerprint density at radius 1 is 1.10 bits per heavy atom. The van der Waals surface area contributed by atoms with Crippen LogP contribution in [-0.2, 0) is 35.4 Å².